The van der Waals surface area contributed by atoms with E-state index < -0.39 is 0 Å². The summed E-state index contributed by atoms with van der Waals surface area (Å²) >= 11 is 0. The lowest BCUT2D eigenvalue weighted by atomic mass is 9.89. The normalized spacial score (nSPS) is 12.3. The molecule has 1 heteroatoms. The van der Waals surface area contributed by atoms with Gasteiger partial charge in [-0.25, -0.2) is 0 Å². The first-order valence-corrected chi connectivity index (χ1v) is 4.65. The van der Waals surface area contributed by atoms with Gasteiger partial charge in [-0.1, -0.05) is 32.9 Å². The molecule has 0 aromatic rings. The minimum Gasteiger partial charge on any atom is -0.300 e. The van der Waals surface area contributed by atoms with E-state index in [4.69, 9.17) is 0 Å². The van der Waals surface area contributed by atoms with Gasteiger partial charge in [0.2, 0.25) is 0 Å². The molecule has 0 radical (unpaired) electrons. The van der Waals surface area contributed by atoms with Crippen LogP contribution in [0.4, 0.5) is 0 Å². The van der Waals surface area contributed by atoms with Crippen molar-refractivity contribution in [3.8, 4) is 0 Å². The molecular formula is C11H20O. The van der Waals surface area contributed by atoms with Crippen molar-refractivity contribution < 1.29 is 4.79 Å². The van der Waals surface area contributed by atoms with Crippen LogP contribution < -0.4 is 0 Å². The standard InChI is InChI=1S/C11H20O/c1-5-11(3,4)9-7-6-8-10(2)12/h7,9H,5-6,8H2,1-4H3. The van der Waals surface area contributed by atoms with E-state index in [0.29, 0.717) is 6.42 Å². The van der Waals surface area contributed by atoms with E-state index in [1.807, 2.05) is 0 Å². The van der Waals surface area contributed by atoms with Crippen LogP contribution in [0.3, 0.4) is 0 Å². The Morgan fingerprint density at radius 3 is 2.42 bits per heavy atom. The van der Waals surface area contributed by atoms with E-state index in [2.05, 4.69) is 32.9 Å². The Labute approximate surface area is 75.9 Å². The zero-order chi connectivity index (χ0) is 9.61. The van der Waals surface area contributed by atoms with Crippen LogP contribution in [0.15, 0.2) is 12.2 Å². The van der Waals surface area contributed by atoms with Gasteiger partial charge in [0.1, 0.15) is 5.78 Å². The second-order valence-electron chi connectivity index (χ2n) is 3.99. The summed E-state index contributed by atoms with van der Waals surface area (Å²) in [5.41, 5.74) is 0.288. The van der Waals surface area contributed by atoms with Crippen molar-refractivity contribution in [1.29, 1.82) is 0 Å². The second-order valence-corrected chi connectivity index (χ2v) is 3.99. The van der Waals surface area contributed by atoms with Gasteiger partial charge in [0.05, 0.1) is 0 Å². The van der Waals surface area contributed by atoms with E-state index >= 15 is 0 Å². The minimum absolute atomic E-state index is 0.272. The first-order valence-electron chi connectivity index (χ1n) is 4.65. The topological polar surface area (TPSA) is 17.1 Å². The van der Waals surface area contributed by atoms with Crippen molar-refractivity contribution in [2.75, 3.05) is 0 Å². The van der Waals surface area contributed by atoms with Crippen LogP contribution in [0.2, 0.25) is 0 Å². The number of carbonyl (C=O) groups excluding carboxylic acids is 1. The molecule has 0 aliphatic rings. The van der Waals surface area contributed by atoms with E-state index in [9.17, 15) is 4.79 Å². The number of carbonyl (C=O) groups is 1. The molecule has 0 amide bonds. The lowest BCUT2D eigenvalue weighted by molar-refractivity contribution is -0.116. The third-order valence-electron chi connectivity index (χ3n) is 2.14. The summed E-state index contributed by atoms with van der Waals surface area (Å²) in [6, 6.07) is 0. The maximum atomic E-state index is 10.6. The molecule has 12 heavy (non-hydrogen) atoms. The zero-order valence-corrected chi connectivity index (χ0v) is 8.68. The van der Waals surface area contributed by atoms with Crippen LogP contribution in [-0.4, -0.2) is 5.78 Å². The summed E-state index contributed by atoms with van der Waals surface area (Å²) in [5, 5.41) is 0. The Bertz CT molecular complexity index is 166. The maximum absolute atomic E-state index is 10.6. The quantitative estimate of drug-likeness (QED) is 0.575. The predicted octanol–water partition coefficient (Wildman–Crippen LogP) is 3.35. The number of allylic oxidation sites excluding steroid dienone is 2. The molecule has 0 N–H and O–H groups in total. The summed E-state index contributed by atoms with van der Waals surface area (Å²) < 4.78 is 0. The molecule has 0 bridgehead atoms. The fourth-order valence-corrected chi connectivity index (χ4v) is 0.807. The average Bonchev–Trinajstić information content (AvgIpc) is 1.98. The molecule has 1 nitrogen and oxygen atoms in total. The summed E-state index contributed by atoms with van der Waals surface area (Å²) in [6.45, 7) is 8.22. The van der Waals surface area contributed by atoms with Crippen LogP contribution in [0.1, 0.15) is 47.0 Å². The Kier molecular flexibility index (Phi) is 4.87. The van der Waals surface area contributed by atoms with Crippen LogP contribution in [0, 0.1) is 5.41 Å². The molecule has 0 heterocycles. The van der Waals surface area contributed by atoms with Gasteiger partial charge < -0.3 is 4.79 Å². The Hall–Kier alpha value is -0.590. The molecular weight excluding hydrogens is 148 g/mol. The Morgan fingerprint density at radius 2 is 2.00 bits per heavy atom. The minimum atomic E-state index is 0.272. The number of Topliss-reactive ketones (excluding diaryl/α,β-unsaturated/α-hetero) is 1. The monoisotopic (exact) mass is 168 g/mol. The largest absolute Gasteiger partial charge is 0.300 e. The van der Waals surface area contributed by atoms with Gasteiger partial charge in [-0.2, -0.15) is 0 Å². The van der Waals surface area contributed by atoms with Gasteiger partial charge in [0.15, 0.2) is 0 Å². The van der Waals surface area contributed by atoms with Crippen molar-refractivity contribution in [2.45, 2.75) is 47.0 Å². The van der Waals surface area contributed by atoms with Crippen LogP contribution in [0.25, 0.3) is 0 Å². The SMILES string of the molecule is CCC(C)(C)C=CCCC(C)=O. The molecule has 0 saturated carbocycles. The zero-order valence-electron chi connectivity index (χ0n) is 8.68. The molecule has 0 unspecified atom stereocenters. The van der Waals surface area contributed by atoms with E-state index in [1.54, 1.807) is 6.92 Å². The van der Waals surface area contributed by atoms with Gasteiger partial charge in [0.25, 0.3) is 0 Å². The molecule has 70 valence electrons. The Balaban J connectivity index is 3.68. The maximum Gasteiger partial charge on any atom is 0.130 e. The van der Waals surface area contributed by atoms with Gasteiger partial charge in [0, 0.05) is 6.42 Å². The summed E-state index contributed by atoms with van der Waals surface area (Å²) in [4.78, 5) is 10.6. The molecule has 0 atom stereocenters. The fraction of sp³-hybridized carbons (Fsp3) is 0.727. The number of rotatable bonds is 5. The number of hydrogen-bond donors (Lipinski definition) is 0. The molecule has 0 rings (SSSR count). The van der Waals surface area contributed by atoms with Crippen LogP contribution >= 0.6 is 0 Å². The second kappa shape index (κ2) is 5.13. The van der Waals surface area contributed by atoms with Gasteiger partial charge in [-0.05, 0) is 25.2 Å². The molecule has 0 aliphatic carbocycles. The highest BCUT2D eigenvalue weighted by atomic mass is 16.1. The number of ketones is 1. The number of hydrogen-bond acceptors (Lipinski definition) is 1. The molecule has 0 aliphatic heterocycles. The molecule has 0 fully saturated rings. The van der Waals surface area contributed by atoms with Crippen molar-refractivity contribution in [3.63, 3.8) is 0 Å². The highest BCUT2D eigenvalue weighted by molar-refractivity contribution is 5.75. The summed E-state index contributed by atoms with van der Waals surface area (Å²) in [6.07, 6.45) is 7.03. The first kappa shape index (κ1) is 11.4. The smallest absolute Gasteiger partial charge is 0.130 e. The molecule has 0 aromatic carbocycles. The van der Waals surface area contributed by atoms with E-state index in [1.165, 1.54) is 0 Å². The van der Waals surface area contributed by atoms with E-state index in [-0.39, 0.29) is 11.2 Å². The third kappa shape index (κ3) is 6.14. The fourth-order valence-electron chi connectivity index (χ4n) is 0.807. The van der Waals surface area contributed by atoms with Gasteiger partial charge in [-0.15, -0.1) is 0 Å². The molecule has 0 spiro atoms. The highest BCUT2D eigenvalue weighted by Gasteiger charge is 2.08. The third-order valence-corrected chi connectivity index (χ3v) is 2.14. The molecule has 0 saturated heterocycles. The molecule has 0 aromatic heterocycles. The van der Waals surface area contributed by atoms with Crippen molar-refractivity contribution in [1.82, 2.24) is 0 Å². The summed E-state index contributed by atoms with van der Waals surface area (Å²) in [5.74, 6) is 0.272. The van der Waals surface area contributed by atoms with Crippen LogP contribution in [0.5, 0.6) is 0 Å². The lowest BCUT2D eigenvalue weighted by Gasteiger charge is -2.16. The lowest BCUT2D eigenvalue weighted by Crippen LogP contribution is -2.04. The average molecular weight is 168 g/mol. The van der Waals surface area contributed by atoms with Crippen molar-refractivity contribution >= 4 is 5.78 Å². The van der Waals surface area contributed by atoms with Crippen LogP contribution in [-0.2, 0) is 4.79 Å². The summed E-state index contributed by atoms with van der Waals surface area (Å²) in [7, 11) is 0. The highest BCUT2D eigenvalue weighted by Crippen LogP contribution is 2.21. The van der Waals surface area contributed by atoms with E-state index in [0.717, 1.165) is 12.8 Å². The predicted molar refractivity (Wildman–Crippen MR) is 53.1 cm³/mol. The van der Waals surface area contributed by atoms with Gasteiger partial charge in [-0.3, -0.25) is 0 Å². The Morgan fingerprint density at radius 1 is 1.42 bits per heavy atom. The van der Waals surface area contributed by atoms with Gasteiger partial charge >= 0.3 is 0 Å². The van der Waals surface area contributed by atoms with Crippen molar-refractivity contribution in [3.05, 3.63) is 12.2 Å². The van der Waals surface area contributed by atoms with Crippen molar-refractivity contribution in [2.24, 2.45) is 5.41 Å². The first-order chi connectivity index (χ1) is 5.48.